The number of aliphatic carboxylic acids is 1. The molecule has 0 amide bonds. The van der Waals surface area contributed by atoms with Crippen LogP contribution in [-0.2, 0) is 21.4 Å². The number of carboxylic acids is 1. The van der Waals surface area contributed by atoms with Crippen LogP contribution in [-0.4, -0.2) is 36.1 Å². The van der Waals surface area contributed by atoms with Crippen LogP contribution in [0.4, 0.5) is 0 Å². The molecule has 1 aliphatic carbocycles. The first-order valence-electron chi connectivity index (χ1n) is 6.34. The van der Waals surface area contributed by atoms with Crippen LogP contribution in [0.2, 0.25) is 0 Å². The second-order valence-corrected chi connectivity index (χ2v) is 7.23. The predicted octanol–water partition coefficient (Wildman–Crippen LogP) is 1.71. The maximum absolute atomic E-state index is 12.0. The lowest BCUT2D eigenvalue weighted by Gasteiger charge is -2.16. The first kappa shape index (κ1) is 14.7. The third kappa shape index (κ3) is 3.68. The van der Waals surface area contributed by atoms with E-state index >= 15 is 0 Å². The van der Waals surface area contributed by atoms with Gasteiger partial charge >= 0.3 is 5.97 Å². The molecule has 20 heavy (non-hydrogen) atoms. The lowest BCUT2D eigenvalue weighted by molar-refractivity contribution is -0.131. The van der Waals surface area contributed by atoms with E-state index in [1.54, 1.807) is 31.3 Å². The number of carboxylic acid groups (broad SMARTS) is 1. The van der Waals surface area contributed by atoms with Gasteiger partial charge in [0.25, 0.3) is 0 Å². The maximum atomic E-state index is 12.0. The van der Waals surface area contributed by atoms with Crippen molar-refractivity contribution in [3.05, 3.63) is 41.5 Å². The van der Waals surface area contributed by atoms with Gasteiger partial charge in [0.1, 0.15) is 0 Å². The third-order valence-electron chi connectivity index (χ3n) is 3.18. The number of hydrogen-bond donors (Lipinski definition) is 1. The molecule has 1 aromatic carbocycles. The van der Waals surface area contributed by atoms with Gasteiger partial charge in [0.05, 0.1) is 5.25 Å². The molecule has 108 valence electrons. The third-order valence-corrected chi connectivity index (χ3v) is 5.50. The Bertz CT molecular complexity index is 615. The Balaban J connectivity index is 2.02. The average Bonchev–Trinajstić information content (AvgIpc) is 3.22. The Morgan fingerprint density at radius 2 is 1.95 bits per heavy atom. The summed E-state index contributed by atoms with van der Waals surface area (Å²) >= 11 is 0. The number of benzene rings is 1. The van der Waals surface area contributed by atoms with Crippen molar-refractivity contribution in [2.24, 2.45) is 0 Å². The molecule has 5 nitrogen and oxygen atoms in total. The predicted molar refractivity (Wildman–Crippen MR) is 76.5 cm³/mol. The molecule has 2 rings (SSSR count). The molecule has 0 aliphatic heterocycles. The molecule has 1 fully saturated rings. The Hall–Kier alpha value is -1.66. The number of hydrogen-bond acceptors (Lipinski definition) is 3. The molecule has 0 bridgehead atoms. The summed E-state index contributed by atoms with van der Waals surface area (Å²) in [6, 6.07) is 7.15. The van der Waals surface area contributed by atoms with Crippen molar-refractivity contribution in [2.75, 3.05) is 7.05 Å². The molecule has 0 heterocycles. The Labute approximate surface area is 118 Å². The number of nitrogens with zero attached hydrogens (tertiary/aromatic N) is 1. The molecule has 1 N–H and O–H groups in total. The highest BCUT2D eigenvalue weighted by Crippen LogP contribution is 2.30. The molecular weight excluding hydrogens is 278 g/mol. The second-order valence-electron chi connectivity index (χ2n) is 4.91. The topological polar surface area (TPSA) is 74.7 Å². The zero-order valence-corrected chi connectivity index (χ0v) is 12.0. The van der Waals surface area contributed by atoms with Gasteiger partial charge in [-0.2, -0.15) is 0 Å². The van der Waals surface area contributed by atoms with Crippen LogP contribution in [0, 0.1) is 0 Å². The van der Waals surface area contributed by atoms with Crippen molar-refractivity contribution in [2.45, 2.75) is 24.6 Å². The first-order chi connectivity index (χ1) is 9.39. The van der Waals surface area contributed by atoms with Gasteiger partial charge in [0, 0.05) is 19.7 Å². The van der Waals surface area contributed by atoms with E-state index in [9.17, 15) is 13.2 Å². The summed E-state index contributed by atoms with van der Waals surface area (Å²) in [4.78, 5) is 10.4. The van der Waals surface area contributed by atoms with Gasteiger partial charge in [-0.3, -0.25) is 0 Å². The highest BCUT2D eigenvalue weighted by molar-refractivity contribution is 7.90. The van der Waals surface area contributed by atoms with E-state index in [1.807, 2.05) is 0 Å². The molecule has 1 aliphatic rings. The SMILES string of the molecule is CN(Cc1ccc(C=CC(=O)O)cc1)S(=O)(=O)C1CC1. The molecule has 6 heteroatoms. The molecule has 0 aromatic heterocycles. The van der Waals surface area contributed by atoms with Gasteiger partial charge in [-0.05, 0) is 30.0 Å². The normalized spacial score (nSPS) is 15.9. The molecule has 0 unspecified atom stereocenters. The summed E-state index contributed by atoms with van der Waals surface area (Å²) in [6.45, 7) is 0.335. The highest BCUT2D eigenvalue weighted by atomic mass is 32.2. The summed E-state index contributed by atoms with van der Waals surface area (Å²) in [5.41, 5.74) is 1.65. The minimum absolute atomic E-state index is 0.203. The monoisotopic (exact) mass is 295 g/mol. The van der Waals surface area contributed by atoms with Crippen molar-refractivity contribution in [3.63, 3.8) is 0 Å². The van der Waals surface area contributed by atoms with Crippen molar-refractivity contribution < 1.29 is 18.3 Å². The van der Waals surface area contributed by atoms with E-state index in [1.165, 1.54) is 10.4 Å². The Morgan fingerprint density at radius 3 is 2.45 bits per heavy atom. The fourth-order valence-corrected chi connectivity index (χ4v) is 3.44. The molecular formula is C14H17NO4S. The molecule has 0 saturated heterocycles. The minimum Gasteiger partial charge on any atom is -0.478 e. The van der Waals surface area contributed by atoms with Crippen molar-refractivity contribution in [1.82, 2.24) is 4.31 Å². The van der Waals surface area contributed by atoms with E-state index in [-0.39, 0.29) is 5.25 Å². The van der Waals surface area contributed by atoms with Crippen LogP contribution < -0.4 is 0 Å². The van der Waals surface area contributed by atoms with Gasteiger partial charge in [0.15, 0.2) is 0 Å². The van der Waals surface area contributed by atoms with Crippen molar-refractivity contribution >= 4 is 22.1 Å². The van der Waals surface area contributed by atoms with Gasteiger partial charge in [0.2, 0.25) is 10.0 Å². The minimum atomic E-state index is -3.15. The number of rotatable bonds is 6. The lowest BCUT2D eigenvalue weighted by atomic mass is 10.1. The van der Waals surface area contributed by atoms with Crippen LogP contribution in [0.5, 0.6) is 0 Å². The summed E-state index contributed by atoms with van der Waals surface area (Å²) in [5, 5.41) is 8.33. The fraction of sp³-hybridized carbons (Fsp3) is 0.357. The fourth-order valence-electron chi connectivity index (χ4n) is 1.87. The van der Waals surface area contributed by atoms with Crippen molar-refractivity contribution in [3.8, 4) is 0 Å². The smallest absolute Gasteiger partial charge is 0.328 e. The van der Waals surface area contributed by atoms with Gasteiger partial charge in [-0.25, -0.2) is 17.5 Å². The molecule has 0 spiro atoms. The summed E-state index contributed by atoms with van der Waals surface area (Å²) in [7, 11) is -1.56. The highest BCUT2D eigenvalue weighted by Gasteiger charge is 2.38. The molecule has 1 saturated carbocycles. The van der Waals surface area contributed by atoms with E-state index in [0.717, 1.165) is 30.0 Å². The number of carbonyl (C=O) groups is 1. The zero-order valence-electron chi connectivity index (χ0n) is 11.2. The maximum Gasteiger partial charge on any atom is 0.328 e. The van der Waals surface area contributed by atoms with Crippen molar-refractivity contribution in [1.29, 1.82) is 0 Å². The quantitative estimate of drug-likeness (QED) is 0.811. The van der Waals surface area contributed by atoms with Gasteiger partial charge in [-0.15, -0.1) is 0 Å². The first-order valence-corrected chi connectivity index (χ1v) is 7.85. The molecule has 0 radical (unpaired) electrons. The van der Waals surface area contributed by atoms with Crippen LogP contribution in [0.3, 0.4) is 0 Å². The van der Waals surface area contributed by atoms with E-state index in [0.29, 0.717) is 6.54 Å². The number of sulfonamides is 1. The largest absolute Gasteiger partial charge is 0.478 e. The van der Waals surface area contributed by atoms with Crippen LogP contribution in [0.15, 0.2) is 30.3 Å². The van der Waals surface area contributed by atoms with E-state index in [2.05, 4.69) is 0 Å². The van der Waals surface area contributed by atoms with Crippen LogP contribution >= 0.6 is 0 Å². The van der Waals surface area contributed by atoms with Crippen LogP contribution in [0.1, 0.15) is 24.0 Å². The standard InChI is InChI=1S/C14H17NO4S/c1-15(20(18,19)13-7-8-13)10-12-4-2-11(3-5-12)6-9-14(16)17/h2-6,9,13H,7-8,10H2,1H3,(H,16,17). The molecule has 0 atom stereocenters. The molecule has 1 aromatic rings. The summed E-state index contributed by atoms with van der Waals surface area (Å²) in [5.74, 6) is -0.996. The lowest BCUT2D eigenvalue weighted by Crippen LogP contribution is -2.29. The summed E-state index contributed by atoms with van der Waals surface area (Å²) in [6.07, 6.45) is 4.08. The summed E-state index contributed by atoms with van der Waals surface area (Å²) < 4.78 is 25.4. The van der Waals surface area contributed by atoms with Crippen LogP contribution in [0.25, 0.3) is 6.08 Å². The average molecular weight is 295 g/mol. The van der Waals surface area contributed by atoms with Gasteiger partial charge < -0.3 is 5.11 Å². The zero-order chi connectivity index (χ0) is 14.8. The van der Waals surface area contributed by atoms with E-state index in [4.69, 9.17) is 5.11 Å². The Kier molecular flexibility index (Phi) is 4.25. The van der Waals surface area contributed by atoms with Gasteiger partial charge in [-0.1, -0.05) is 24.3 Å². The Morgan fingerprint density at radius 1 is 1.35 bits per heavy atom. The van der Waals surface area contributed by atoms with E-state index < -0.39 is 16.0 Å². The second kappa shape index (κ2) is 5.76.